The lowest BCUT2D eigenvalue weighted by molar-refractivity contribution is 0.0352. The lowest BCUT2D eigenvalue weighted by Gasteiger charge is -2.29. The van der Waals surface area contributed by atoms with E-state index >= 15 is 0 Å². The Labute approximate surface area is 121 Å². The number of benzene rings is 1. The lowest BCUT2D eigenvalue weighted by atomic mass is 10.0. The Morgan fingerprint density at radius 3 is 2.44 bits per heavy atom. The van der Waals surface area contributed by atoms with Crippen molar-refractivity contribution in [3.63, 3.8) is 0 Å². The fourth-order valence-corrected chi connectivity index (χ4v) is 2.16. The van der Waals surface area contributed by atoms with Crippen molar-refractivity contribution in [2.24, 2.45) is 5.73 Å². The van der Waals surface area contributed by atoms with Gasteiger partial charge in [0, 0.05) is 25.7 Å². The summed E-state index contributed by atoms with van der Waals surface area (Å²) < 4.78 is 5.33. The average Bonchev–Trinajstić information content (AvgIpc) is 2.31. The molecule has 1 unspecified atom stereocenters. The molecule has 2 rings (SSSR count). The Balaban J connectivity index is 0.00000144. The summed E-state index contributed by atoms with van der Waals surface area (Å²) in [5.41, 5.74) is 8.78. The highest BCUT2D eigenvalue weighted by Crippen LogP contribution is 2.16. The fraction of sp³-hybridized carbons (Fsp3) is 0.538. The number of hydrogen-bond donors (Lipinski definition) is 1. The maximum absolute atomic E-state index is 6.24. The number of nitrogens with zero attached hydrogens (tertiary/aromatic N) is 1. The number of halogens is 2. The van der Waals surface area contributed by atoms with Crippen LogP contribution in [0.3, 0.4) is 0 Å². The largest absolute Gasteiger partial charge is 0.379 e. The van der Waals surface area contributed by atoms with Gasteiger partial charge < -0.3 is 10.5 Å². The molecule has 5 heteroatoms. The molecule has 0 aliphatic carbocycles. The third kappa shape index (κ3) is 4.75. The smallest absolute Gasteiger partial charge is 0.0594 e. The van der Waals surface area contributed by atoms with E-state index in [0.29, 0.717) is 0 Å². The quantitative estimate of drug-likeness (QED) is 0.928. The molecule has 3 nitrogen and oxygen atoms in total. The highest BCUT2D eigenvalue weighted by atomic mass is 35.5. The maximum Gasteiger partial charge on any atom is 0.0594 e. The Morgan fingerprint density at radius 1 is 1.22 bits per heavy atom. The third-order valence-electron chi connectivity index (χ3n) is 3.15. The fourth-order valence-electron chi connectivity index (χ4n) is 2.16. The molecule has 1 aromatic carbocycles. The molecule has 104 valence electrons. The lowest BCUT2D eigenvalue weighted by Crippen LogP contribution is -2.40. The second kappa shape index (κ2) is 8.73. The minimum Gasteiger partial charge on any atom is -0.379 e. The van der Waals surface area contributed by atoms with E-state index in [2.05, 4.69) is 36.1 Å². The number of morpholine rings is 1. The molecule has 0 aromatic heterocycles. The molecule has 1 fully saturated rings. The van der Waals surface area contributed by atoms with Gasteiger partial charge in [0.15, 0.2) is 0 Å². The van der Waals surface area contributed by atoms with E-state index in [1.54, 1.807) is 0 Å². The Hall–Kier alpha value is -0.320. The zero-order valence-electron chi connectivity index (χ0n) is 10.7. The van der Waals surface area contributed by atoms with Gasteiger partial charge in [-0.05, 0) is 18.1 Å². The Morgan fingerprint density at radius 2 is 1.83 bits per heavy atom. The van der Waals surface area contributed by atoms with Gasteiger partial charge in [-0.15, -0.1) is 24.8 Å². The minimum absolute atomic E-state index is 0. The average molecular weight is 293 g/mol. The van der Waals surface area contributed by atoms with Crippen LogP contribution >= 0.6 is 24.8 Å². The number of ether oxygens (including phenoxy) is 1. The zero-order chi connectivity index (χ0) is 11.4. The summed E-state index contributed by atoms with van der Waals surface area (Å²) in [6, 6.07) is 8.47. The second-order valence-corrected chi connectivity index (χ2v) is 4.38. The predicted octanol–water partition coefficient (Wildman–Crippen LogP) is 2.17. The molecular weight excluding hydrogens is 271 g/mol. The van der Waals surface area contributed by atoms with Crippen molar-refractivity contribution in [3.8, 4) is 0 Å². The van der Waals surface area contributed by atoms with Gasteiger partial charge in [0.1, 0.15) is 0 Å². The van der Waals surface area contributed by atoms with Crippen LogP contribution in [0.25, 0.3) is 0 Å². The summed E-state index contributed by atoms with van der Waals surface area (Å²) in [4.78, 5) is 2.38. The van der Waals surface area contributed by atoms with E-state index in [1.807, 2.05) is 0 Å². The van der Waals surface area contributed by atoms with Gasteiger partial charge in [0.2, 0.25) is 0 Å². The van der Waals surface area contributed by atoms with Crippen LogP contribution in [-0.2, 0) is 4.74 Å². The molecule has 0 amide bonds. The predicted molar refractivity (Wildman–Crippen MR) is 79.9 cm³/mol. The van der Waals surface area contributed by atoms with E-state index in [9.17, 15) is 0 Å². The molecule has 18 heavy (non-hydrogen) atoms. The summed E-state index contributed by atoms with van der Waals surface area (Å²) in [7, 11) is 0. The first-order valence-corrected chi connectivity index (χ1v) is 5.88. The van der Waals surface area contributed by atoms with Gasteiger partial charge in [0.05, 0.1) is 13.2 Å². The van der Waals surface area contributed by atoms with E-state index in [1.165, 1.54) is 11.1 Å². The number of hydrogen-bond acceptors (Lipinski definition) is 3. The number of aryl methyl sites for hydroxylation is 1. The first-order chi connectivity index (χ1) is 7.77. The van der Waals surface area contributed by atoms with Gasteiger partial charge in [0.25, 0.3) is 0 Å². The van der Waals surface area contributed by atoms with Crippen molar-refractivity contribution in [2.75, 3.05) is 32.8 Å². The van der Waals surface area contributed by atoms with Crippen LogP contribution in [0.15, 0.2) is 24.3 Å². The van der Waals surface area contributed by atoms with Crippen molar-refractivity contribution in [2.45, 2.75) is 13.0 Å². The van der Waals surface area contributed by atoms with E-state index in [-0.39, 0.29) is 30.9 Å². The van der Waals surface area contributed by atoms with Crippen molar-refractivity contribution in [3.05, 3.63) is 35.4 Å². The van der Waals surface area contributed by atoms with E-state index in [4.69, 9.17) is 10.5 Å². The second-order valence-electron chi connectivity index (χ2n) is 4.38. The normalized spacial score (nSPS) is 17.4. The van der Waals surface area contributed by atoms with Gasteiger partial charge in [-0.1, -0.05) is 24.3 Å². The molecular formula is C13H22Cl2N2O. The van der Waals surface area contributed by atoms with Crippen molar-refractivity contribution < 1.29 is 4.74 Å². The summed E-state index contributed by atoms with van der Waals surface area (Å²) in [6.07, 6.45) is 0. The molecule has 1 aliphatic rings. The highest BCUT2D eigenvalue weighted by molar-refractivity contribution is 5.85. The standard InChI is InChI=1S/C13H20N2O.2ClH/c1-11-4-2-3-5-12(11)13(14)10-15-6-8-16-9-7-15;;/h2-5,13H,6-10,14H2,1H3;2*1H. The molecule has 0 saturated carbocycles. The van der Waals surface area contributed by atoms with Crippen LogP contribution < -0.4 is 5.73 Å². The highest BCUT2D eigenvalue weighted by Gasteiger charge is 2.15. The van der Waals surface area contributed by atoms with Crippen LogP contribution in [0.5, 0.6) is 0 Å². The molecule has 1 aliphatic heterocycles. The summed E-state index contributed by atoms with van der Waals surface area (Å²) in [5, 5.41) is 0. The maximum atomic E-state index is 6.24. The van der Waals surface area contributed by atoms with Crippen LogP contribution in [-0.4, -0.2) is 37.7 Å². The molecule has 1 aromatic rings. The summed E-state index contributed by atoms with van der Waals surface area (Å²) in [6.45, 7) is 6.71. The first kappa shape index (κ1) is 17.7. The molecule has 1 saturated heterocycles. The van der Waals surface area contributed by atoms with Gasteiger partial charge in [-0.25, -0.2) is 0 Å². The summed E-state index contributed by atoms with van der Waals surface area (Å²) >= 11 is 0. The van der Waals surface area contributed by atoms with Crippen LogP contribution in [0.1, 0.15) is 17.2 Å². The van der Waals surface area contributed by atoms with Crippen molar-refractivity contribution in [1.82, 2.24) is 4.90 Å². The van der Waals surface area contributed by atoms with Crippen LogP contribution in [0, 0.1) is 6.92 Å². The van der Waals surface area contributed by atoms with Crippen LogP contribution in [0.4, 0.5) is 0 Å². The van der Waals surface area contributed by atoms with Gasteiger partial charge in [-0.3, -0.25) is 4.90 Å². The first-order valence-electron chi connectivity index (χ1n) is 5.88. The molecule has 0 bridgehead atoms. The Bertz CT molecular complexity index is 344. The van der Waals surface area contributed by atoms with Crippen molar-refractivity contribution in [1.29, 1.82) is 0 Å². The van der Waals surface area contributed by atoms with Gasteiger partial charge >= 0.3 is 0 Å². The van der Waals surface area contributed by atoms with Crippen molar-refractivity contribution >= 4 is 24.8 Å². The summed E-state index contributed by atoms with van der Waals surface area (Å²) in [5.74, 6) is 0. The van der Waals surface area contributed by atoms with E-state index < -0.39 is 0 Å². The Kier molecular flexibility index (Phi) is 8.57. The molecule has 2 N–H and O–H groups in total. The minimum atomic E-state index is 0. The molecule has 0 spiro atoms. The molecule has 1 atom stereocenters. The molecule has 1 heterocycles. The monoisotopic (exact) mass is 292 g/mol. The van der Waals surface area contributed by atoms with Crippen LogP contribution in [0.2, 0.25) is 0 Å². The number of rotatable bonds is 3. The van der Waals surface area contributed by atoms with Gasteiger partial charge in [-0.2, -0.15) is 0 Å². The van der Waals surface area contributed by atoms with E-state index in [0.717, 1.165) is 32.8 Å². The third-order valence-corrected chi connectivity index (χ3v) is 3.15. The molecule has 0 radical (unpaired) electrons. The SMILES string of the molecule is Cc1ccccc1C(N)CN1CCOCC1.Cl.Cl. The zero-order valence-corrected chi connectivity index (χ0v) is 12.3. The topological polar surface area (TPSA) is 38.5 Å². The number of nitrogens with two attached hydrogens (primary N) is 1.